The molecule has 3 heteroatoms. The van der Waals surface area contributed by atoms with Crippen molar-refractivity contribution in [3.8, 4) is 0 Å². The SMILES string of the molecule is CCCCCCCCCCCN(C)CCO.Cl. The van der Waals surface area contributed by atoms with Gasteiger partial charge in [-0.05, 0) is 20.0 Å². The van der Waals surface area contributed by atoms with Crippen LogP contribution in [0.2, 0.25) is 0 Å². The molecule has 0 saturated heterocycles. The molecule has 2 nitrogen and oxygen atoms in total. The van der Waals surface area contributed by atoms with Gasteiger partial charge in [-0.25, -0.2) is 0 Å². The summed E-state index contributed by atoms with van der Waals surface area (Å²) in [6.07, 6.45) is 12.5. The first-order valence-electron chi connectivity index (χ1n) is 7.10. The normalized spacial score (nSPS) is 10.6. The van der Waals surface area contributed by atoms with E-state index in [1.807, 2.05) is 0 Å². The van der Waals surface area contributed by atoms with Crippen molar-refractivity contribution in [2.24, 2.45) is 0 Å². The molecule has 106 valence electrons. The first-order chi connectivity index (χ1) is 7.81. The number of likely N-dealkylation sites (N-methyl/N-ethyl adjacent to an activating group) is 1. The maximum absolute atomic E-state index is 8.74. The Morgan fingerprint density at radius 3 is 1.71 bits per heavy atom. The Bertz CT molecular complexity index is 133. The molecule has 0 unspecified atom stereocenters. The van der Waals surface area contributed by atoms with Gasteiger partial charge < -0.3 is 10.0 Å². The molecule has 0 aromatic rings. The average molecular weight is 266 g/mol. The van der Waals surface area contributed by atoms with E-state index in [9.17, 15) is 0 Å². The van der Waals surface area contributed by atoms with Gasteiger partial charge in [-0.2, -0.15) is 0 Å². The van der Waals surface area contributed by atoms with Crippen LogP contribution in [-0.2, 0) is 0 Å². The summed E-state index contributed by atoms with van der Waals surface area (Å²) < 4.78 is 0. The molecule has 0 amide bonds. The molecule has 0 aliphatic carbocycles. The van der Waals surface area contributed by atoms with E-state index in [2.05, 4.69) is 18.9 Å². The molecule has 0 fully saturated rings. The molecule has 0 aromatic carbocycles. The third-order valence-corrected chi connectivity index (χ3v) is 3.13. The number of rotatable bonds is 12. The molecule has 0 aliphatic rings. The van der Waals surface area contributed by atoms with Crippen LogP contribution in [0.4, 0.5) is 0 Å². The van der Waals surface area contributed by atoms with E-state index in [4.69, 9.17) is 5.11 Å². The number of hydrogen-bond acceptors (Lipinski definition) is 2. The molecule has 0 rings (SSSR count). The fourth-order valence-electron chi connectivity index (χ4n) is 1.97. The lowest BCUT2D eigenvalue weighted by Crippen LogP contribution is -2.23. The number of aliphatic hydroxyl groups excluding tert-OH is 1. The second kappa shape index (κ2) is 16.2. The summed E-state index contributed by atoms with van der Waals surface area (Å²) in [5, 5.41) is 8.74. The highest BCUT2D eigenvalue weighted by atomic mass is 35.5. The number of nitrogens with zero attached hydrogens (tertiary/aromatic N) is 1. The van der Waals surface area contributed by atoms with Crippen molar-refractivity contribution in [2.45, 2.75) is 64.7 Å². The smallest absolute Gasteiger partial charge is 0.0558 e. The van der Waals surface area contributed by atoms with Crippen LogP contribution in [0.3, 0.4) is 0 Å². The number of hydrogen-bond donors (Lipinski definition) is 1. The van der Waals surface area contributed by atoms with Gasteiger partial charge in [0.05, 0.1) is 6.61 Å². The first-order valence-corrected chi connectivity index (χ1v) is 7.10. The van der Waals surface area contributed by atoms with Crippen LogP contribution in [0.25, 0.3) is 0 Å². The lowest BCUT2D eigenvalue weighted by molar-refractivity contribution is 0.219. The van der Waals surface area contributed by atoms with Gasteiger partial charge in [0.2, 0.25) is 0 Å². The molecule has 0 aliphatic heterocycles. The molecule has 1 N–H and O–H groups in total. The van der Waals surface area contributed by atoms with Gasteiger partial charge in [-0.1, -0.05) is 58.3 Å². The van der Waals surface area contributed by atoms with Crippen molar-refractivity contribution in [2.75, 3.05) is 26.7 Å². The Morgan fingerprint density at radius 2 is 1.24 bits per heavy atom. The van der Waals surface area contributed by atoms with Gasteiger partial charge in [0, 0.05) is 6.54 Å². The Hall–Kier alpha value is 0.210. The highest BCUT2D eigenvalue weighted by molar-refractivity contribution is 5.85. The zero-order valence-electron chi connectivity index (χ0n) is 11.8. The minimum atomic E-state index is 0. The van der Waals surface area contributed by atoms with E-state index >= 15 is 0 Å². The zero-order chi connectivity index (χ0) is 12.1. The molecular weight excluding hydrogens is 234 g/mol. The van der Waals surface area contributed by atoms with Crippen molar-refractivity contribution in [1.29, 1.82) is 0 Å². The molecule has 0 atom stereocenters. The summed E-state index contributed by atoms with van der Waals surface area (Å²) in [4.78, 5) is 2.21. The van der Waals surface area contributed by atoms with Crippen molar-refractivity contribution >= 4 is 12.4 Å². The quantitative estimate of drug-likeness (QED) is 0.542. The Balaban J connectivity index is 0. The largest absolute Gasteiger partial charge is 0.395 e. The highest BCUT2D eigenvalue weighted by Gasteiger charge is 1.96. The standard InChI is InChI=1S/C14H31NO.ClH/c1-3-4-5-6-7-8-9-10-11-12-15(2)13-14-16;/h16H,3-14H2,1-2H3;1H. The summed E-state index contributed by atoms with van der Waals surface area (Å²) in [6.45, 7) is 4.50. The van der Waals surface area contributed by atoms with Crippen LogP contribution in [0.15, 0.2) is 0 Å². The Morgan fingerprint density at radius 1 is 0.765 bits per heavy atom. The highest BCUT2D eigenvalue weighted by Crippen LogP contribution is 2.09. The van der Waals surface area contributed by atoms with E-state index in [1.165, 1.54) is 57.8 Å². The minimum Gasteiger partial charge on any atom is -0.395 e. The van der Waals surface area contributed by atoms with Gasteiger partial charge in [-0.3, -0.25) is 0 Å². The van der Waals surface area contributed by atoms with Crippen LogP contribution in [-0.4, -0.2) is 36.8 Å². The maximum atomic E-state index is 8.74. The van der Waals surface area contributed by atoms with Crippen LogP contribution >= 0.6 is 12.4 Å². The van der Waals surface area contributed by atoms with Crippen LogP contribution < -0.4 is 0 Å². The number of aliphatic hydroxyl groups is 1. The van der Waals surface area contributed by atoms with Crippen molar-refractivity contribution < 1.29 is 5.11 Å². The molecule has 0 radical (unpaired) electrons. The van der Waals surface area contributed by atoms with E-state index in [0.29, 0.717) is 0 Å². The molecule has 0 saturated carbocycles. The fraction of sp³-hybridized carbons (Fsp3) is 1.00. The third-order valence-electron chi connectivity index (χ3n) is 3.13. The van der Waals surface area contributed by atoms with E-state index in [1.54, 1.807) is 0 Å². The second-order valence-electron chi connectivity index (χ2n) is 4.86. The average Bonchev–Trinajstić information content (AvgIpc) is 2.27. The van der Waals surface area contributed by atoms with Crippen LogP contribution in [0.5, 0.6) is 0 Å². The summed E-state index contributed by atoms with van der Waals surface area (Å²) in [5.74, 6) is 0. The molecular formula is C14H32ClNO. The van der Waals surface area contributed by atoms with E-state index in [0.717, 1.165) is 13.1 Å². The minimum absolute atomic E-state index is 0. The second-order valence-corrected chi connectivity index (χ2v) is 4.86. The summed E-state index contributed by atoms with van der Waals surface area (Å²) >= 11 is 0. The summed E-state index contributed by atoms with van der Waals surface area (Å²) in [5.41, 5.74) is 0. The Labute approximate surface area is 114 Å². The topological polar surface area (TPSA) is 23.5 Å². The van der Waals surface area contributed by atoms with Gasteiger partial charge in [0.25, 0.3) is 0 Å². The molecule has 0 bridgehead atoms. The summed E-state index contributed by atoms with van der Waals surface area (Å²) in [7, 11) is 2.08. The zero-order valence-corrected chi connectivity index (χ0v) is 12.6. The van der Waals surface area contributed by atoms with Gasteiger partial charge in [-0.15, -0.1) is 12.4 Å². The number of unbranched alkanes of at least 4 members (excludes halogenated alkanes) is 8. The third kappa shape index (κ3) is 16.2. The lowest BCUT2D eigenvalue weighted by atomic mass is 10.1. The molecule has 0 aromatic heterocycles. The molecule has 0 spiro atoms. The number of halogens is 1. The van der Waals surface area contributed by atoms with Crippen molar-refractivity contribution in [1.82, 2.24) is 4.90 Å². The van der Waals surface area contributed by atoms with E-state index in [-0.39, 0.29) is 19.0 Å². The van der Waals surface area contributed by atoms with Gasteiger partial charge in [0.1, 0.15) is 0 Å². The fourth-order valence-corrected chi connectivity index (χ4v) is 1.97. The predicted molar refractivity (Wildman–Crippen MR) is 79.1 cm³/mol. The summed E-state index contributed by atoms with van der Waals surface area (Å²) in [6, 6.07) is 0. The van der Waals surface area contributed by atoms with Crippen LogP contribution in [0.1, 0.15) is 64.7 Å². The molecule has 17 heavy (non-hydrogen) atoms. The van der Waals surface area contributed by atoms with Gasteiger partial charge in [0.15, 0.2) is 0 Å². The Kier molecular flexibility index (Phi) is 18.6. The van der Waals surface area contributed by atoms with E-state index < -0.39 is 0 Å². The maximum Gasteiger partial charge on any atom is 0.0558 e. The monoisotopic (exact) mass is 265 g/mol. The van der Waals surface area contributed by atoms with Crippen molar-refractivity contribution in [3.63, 3.8) is 0 Å². The van der Waals surface area contributed by atoms with Crippen LogP contribution in [0, 0.1) is 0 Å². The predicted octanol–water partition coefficient (Wildman–Crippen LogP) is 3.86. The molecule has 0 heterocycles. The first kappa shape index (κ1) is 19.5. The van der Waals surface area contributed by atoms with Crippen molar-refractivity contribution in [3.05, 3.63) is 0 Å². The lowest BCUT2D eigenvalue weighted by Gasteiger charge is -2.14. The van der Waals surface area contributed by atoms with Gasteiger partial charge >= 0.3 is 0 Å².